The molecule has 0 amide bonds. The normalized spacial score (nSPS) is 13.1. The molecule has 0 saturated heterocycles. The second-order valence-electron chi connectivity index (χ2n) is 5.06. The molecule has 0 atom stereocenters. The van der Waals surface area contributed by atoms with Crippen LogP contribution in [0.3, 0.4) is 0 Å². The van der Waals surface area contributed by atoms with E-state index in [1.165, 1.54) is 12.1 Å². The van der Waals surface area contributed by atoms with E-state index in [0.29, 0.717) is 29.2 Å². The molecule has 114 valence electrons. The molecular weight excluding hydrogens is 286 g/mol. The smallest absolute Gasteiger partial charge is 0.270 e. The van der Waals surface area contributed by atoms with Gasteiger partial charge in [0.1, 0.15) is 18.1 Å². The Bertz CT molecular complexity index is 696. The van der Waals surface area contributed by atoms with Crippen LogP contribution < -0.4 is 9.47 Å². The monoisotopic (exact) mass is 301 g/mol. The quantitative estimate of drug-likeness (QED) is 0.639. The number of nitrogens with zero attached hydrogens (tertiary/aromatic N) is 1. The van der Waals surface area contributed by atoms with E-state index < -0.39 is 4.92 Å². The molecule has 1 aliphatic rings. The predicted molar refractivity (Wildman–Crippen MR) is 78.9 cm³/mol. The maximum absolute atomic E-state index is 11.0. The number of nitro groups is 1. The van der Waals surface area contributed by atoms with Crippen LogP contribution in [0.1, 0.15) is 16.7 Å². The SMILES string of the molecule is Cc1ccc(OCc2cc([N+](=O)[O-])cc3c2OCOC3)cc1. The van der Waals surface area contributed by atoms with E-state index in [4.69, 9.17) is 14.2 Å². The Balaban J connectivity index is 1.86. The van der Waals surface area contributed by atoms with Crippen molar-refractivity contribution in [1.82, 2.24) is 0 Å². The maximum atomic E-state index is 11.0. The molecule has 22 heavy (non-hydrogen) atoms. The lowest BCUT2D eigenvalue weighted by atomic mass is 10.1. The zero-order valence-corrected chi connectivity index (χ0v) is 12.1. The average molecular weight is 301 g/mol. The Morgan fingerprint density at radius 3 is 2.77 bits per heavy atom. The first-order valence-corrected chi connectivity index (χ1v) is 6.83. The van der Waals surface area contributed by atoms with Crippen molar-refractivity contribution in [3.63, 3.8) is 0 Å². The summed E-state index contributed by atoms with van der Waals surface area (Å²) >= 11 is 0. The maximum Gasteiger partial charge on any atom is 0.270 e. The van der Waals surface area contributed by atoms with Gasteiger partial charge in [0.15, 0.2) is 6.79 Å². The van der Waals surface area contributed by atoms with Crippen molar-refractivity contribution in [2.75, 3.05) is 6.79 Å². The van der Waals surface area contributed by atoms with Gasteiger partial charge in [-0.05, 0) is 19.1 Å². The van der Waals surface area contributed by atoms with Gasteiger partial charge >= 0.3 is 0 Å². The van der Waals surface area contributed by atoms with Gasteiger partial charge in [0.2, 0.25) is 0 Å². The molecule has 1 aliphatic heterocycles. The van der Waals surface area contributed by atoms with Crippen molar-refractivity contribution in [2.45, 2.75) is 20.1 Å². The van der Waals surface area contributed by atoms with E-state index in [1.54, 1.807) is 0 Å². The largest absolute Gasteiger partial charge is 0.489 e. The van der Waals surface area contributed by atoms with E-state index >= 15 is 0 Å². The fraction of sp³-hybridized carbons (Fsp3) is 0.250. The van der Waals surface area contributed by atoms with Crippen molar-refractivity contribution >= 4 is 5.69 Å². The van der Waals surface area contributed by atoms with Gasteiger partial charge in [-0.3, -0.25) is 10.1 Å². The number of aryl methyl sites for hydroxylation is 1. The second kappa shape index (κ2) is 6.03. The summed E-state index contributed by atoms with van der Waals surface area (Å²) in [7, 11) is 0. The van der Waals surface area contributed by atoms with Gasteiger partial charge in [0.25, 0.3) is 5.69 Å². The van der Waals surface area contributed by atoms with E-state index in [2.05, 4.69) is 0 Å². The van der Waals surface area contributed by atoms with Crippen LogP contribution >= 0.6 is 0 Å². The molecular formula is C16H15NO5. The second-order valence-corrected chi connectivity index (χ2v) is 5.06. The molecule has 0 aromatic heterocycles. The highest BCUT2D eigenvalue weighted by molar-refractivity contribution is 5.50. The number of fused-ring (bicyclic) bond motifs is 1. The highest BCUT2D eigenvalue weighted by Gasteiger charge is 2.21. The summed E-state index contributed by atoms with van der Waals surface area (Å²) in [5, 5.41) is 11.0. The van der Waals surface area contributed by atoms with E-state index in [1.807, 2.05) is 31.2 Å². The number of ether oxygens (including phenoxy) is 3. The van der Waals surface area contributed by atoms with E-state index in [-0.39, 0.29) is 19.1 Å². The fourth-order valence-electron chi connectivity index (χ4n) is 2.29. The number of nitro benzene ring substituents is 1. The number of hydrogen-bond donors (Lipinski definition) is 0. The van der Waals surface area contributed by atoms with Crippen molar-refractivity contribution in [2.24, 2.45) is 0 Å². The van der Waals surface area contributed by atoms with Crippen molar-refractivity contribution in [3.8, 4) is 11.5 Å². The number of hydrogen-bond acceptors (Lipinski definition) is 5. The highest BCUT2D eigenvalue weighted by Crippen LogP contribution is 2.33. The molecule has 0 spiro atoms. The van der Waals surface area contributed by atoms with Crippen molar-refractivity contribution < 1.29 is 19.1 Å². The van der Waals surface area contributed by atoms with Gasteiger partial charge in [-0.1, -0.05) is 17.7 Å². The standard InChI is InChI=1S/C16H15NO5/c1-11-2-4-15(5-3-11)21-9-13-7-14(17(18)19)6-12-8-20-10-22-16(12)13/h2-7H,8-10H2,1H3. The number of non-ortho nitro benzene ring substituents is 1. The molecule has 0 aliphatic carbocycles. The third-order valence-electron chi connectivity index (χ3n) is 3.40. The van der Waals surface area contributed by atoms with Crippen molar-refractivity contribution in [3.05, 3.63) is 63.2 Å². The molecule has 1 heterocycles. The summed E-state index contributed by atoms with van der Waals surface area (Å²) < 4.78 is 16.4. The van der Waals surface area contributed by atoms with Crippen LogP contribution in [0.2, 0.25) is 0 Å². The lowest BCUT2D eigenvalue weighted by Crippen LogP contribution is -2.14. The van der Waals surface area contributed by atoms with Crippen molar-refractivity contribution in [1.29, 1.82) is 0 Å². The van der Waals surface area contributed by atoms with Gasteiger partial charge in [0.05, 0.1) is 11.5 Å². The summed E-state index contributed by atoms with van der Waals surface area (Å²) in [5.41, 5.74) is 2.46. The molecule has 0 radical (unpaired) electrons. The Labute approximate surface area is 127 Å². The first kappa shape index (κ1) is 14.3. The zero-order chi connectivity index (χ0) is 15.5. The van der Waals surface area contributed by atoms with Crippen LogP contribution in [-0.4, -0.2) is 11.7 Å². The Kier molecular flexibility index (Phi) is 3.93. The minimum Gasteiger partial charge on any atom is -0.489 e. The highest BCUT2D eigenvalue weighted by atomic mass is 16.7. The first-order chi connectivity index (χ1) is 10.6. The molecule has 0 unspecified atom stereocenters. The topological polar surface area (TPSA) is 70.8 Å². The van der Waals surface area contributed by atoms with Gasteiger partial charge in [-0.25, -0.2) is 0 Å². The summed E-state index contributed by atoms with van der Waals surface area (Å²) in [5.74, 6) is 1.32. The third kappa shape index (κ3) is 3.01. The summed E-state index contributed by atoms with van der Waals surface area (Å²) in [6.07, 6.45) is 0. The Morgan fingerprint density at radius 1 is 1.27 bits per heavy atom. The van der Waals surface area contributed by atoms with Crippen LogP contribution in [0, 0.1) is 17.0 Å². The molecule has 2 aromatic carbocycles. The summed E-state index contributed by atoms with van der Waals surface area (Å²) in [4.78, 5) is 10.6. The van der Waals surface area contributed by atoms with Gasteiger partial charge in [0, 0.05) is 23.3 Å². The van der Waals surface area contributed by atoms with E-state index in [0.717, 1.165) is 5.56 Å². The molecule has 6 heteroatoms. The summed E-state index contributed by atoms with van der Waals surface area (Å²) in [6, 6.07) is 10.6. The average Bonchev–Trinajstić information content (AvgIpc) is 2.53. The zero-order valence-electron chi connectivity index (χ0n) is 12.1. The molecule has 2 aromatic rings. The minimum absolute atomic E-state index is 0.00959. The molecule has 0 fully saturated rings. The molecule has 0 bridgehead atoms. The lowest BCUT2D eigenvalue weighted by molar-refractivity contribution is -0.385. The predicted octanol–water partition coefficient (Wildman–Crippen LogP) is 3.35. The summed E-state index contributed by atoms with van der Waals surface area (Å²) in [6.45, 7) is 2.64. The van der Waals surface area contributed by atoms with Crippen LogP contribution in [0.4, 0.5) is 5.69 Å². The molecule has 0 N–H and O–H groups in total. The van der Waals surface area contributed by atoms with E-state index in [9.17, 15) is 10.1 Å². The van der Waals surface area contributed by atoms with Crippen LogP contribution in [0.15, 0.2) is 36.4 Å². The van der Waals surface area contributed by atoms with Gasteiger partial charge in [-0.15, -0.1) is 0 Å². The molecule has 6 nitrogen and oxygen atoms in total. The van der Waals surface area contributed by atoms with Crippen LogP contribution in [0.25, 0.3) is 0 Å². The molecule has 0 saturated carbocycles. The lowest BCUT2D eigenvalue weighted by Gasteiger charge is -2.20. The third-order valence-corrected chi connectivity index (χ3v) is 3.40. The Hall–Kier alpha value is -2.60. The Morgan fingerprint density at radius 2 is 2.05 bits per heavy atom. The first-order valence-electron chi connectivity index (χ1n) is 6.83. The van der Waals surface area contributed by atoms with Crippen LogP contribution in [0.5, 0.6) is 11.5 Å². The minimum atomic E-state index is -0.426. The number of rotatable bonds is 4. The van der Waals surface area contributed by atoms with Gasteiger partial charge < -0.3 is 14.2 Å². The number of benzene rings is 2. The molecule has 3 rings (SSSR count). The van der Waals surface area contributed by atoms with Gasteiger partial charge in [-0.2, -0.15) is 0 Å². The van der Waals surface area contributed by atoms with Crippen LogP contribution in [-0.2, 0) is 18.0 Å². The fourth-order valence-corrected chi connectivity index (χ4v) is 2.29.